The van der Waals surface area contributed by atoms with Crippen molar-refractivity contribution >= 4 is 21.6 Å². The van der Waals surface area contributed by atoms with Gasteiger partial charge in [-0.05, 0) is 74.1 Å². The molecule has 1 heterocycles. The summed E-state index contributed by atoms with van der Waals surface area (Å²) in [5, 5.41) is 2.95. The van der Waals surface area contributed by atoms with Crippen LogP contribution in [0.25, 0.3) is 0 Å². The van der Waals surface area contributed by atoms with E-state index in [4.69, 9.17) is 4.74 Å². The number of carbonyl (C=O) groups excluding carboxylic acids is 1. The van der Waals surface area contributed by atoms with Gasteiger partial charge in [0.25, 0.3) is 0 Å². The van der Waals surface area contributed by atoms with Crippen LogP contribution in [0.15, 0.2) is 47.4 Å². The summed E-state index contributed by atoms with van der Waals surface area (Å²) in [4.78, 5) is 13.1. The molecule has 2 aromatic rings. The van der Waals surface area contributed by atoms with E-state index in [0.717, 1.165) is 30.5 Å². The molecule has 1 aliphatic rings. The molecule has 1 fully saturated rings. The zero-order chi connectivity index (χ0) is 22.4. The van der Waals surface area contributed by atoms with Crippen LogP contribution in [0.1, 0.15) is 43.7 Å². The SMILES string of the molecule is CCCCc1ccc(NC(=O)[C@@H]2CCCN(S(=O)(=O)c3ccc(OC)c(C)c3)C2)cc1. The first-order valence-corrected chi connectivity index (χ1v) is 12.3. The standard InChI is InChI=1S/C24H32N2O4S/c1-4-5-7-19-9-11-21(12-10-19)25-24(27)20-8-6-15-26(17-20)31(28,29)22-13-14-23(30-3)18(2)16-22/h9-14,16,20H,4-8,15,17H2,1-3H3,(H,25,27)/t20-/m1/s1. The summed E-state index contributed by atoms with van der Waals surface area (Å²) in [6.07, 6.45) is 4.66. The molecular weight excluding hydrogens is 412 g/mol. The number of sulfonamides is 1. The number of hydrogen-bond donors (Lipinski definition) is 1. The van der Waals surface area contributed by atoms with E-state index in [1.165, 1.54) is 9.87 Å². The molecule has 0 radical (unpaired) electrons. The van der Waals surface area contributed by atoms with Crippen LogP contribution in [0, 0.1) is 12.8 Å². The van der Waals surface area contributed by atoms with Crippen LogP contribution in [0.5, 0.6) is 5.75 Å². The predicted octanol–water partition coefficient (Wildman–Crippen LogP) is 4.39. The van der Waals surface area contributed by atoms with Gasteiger partial charge in [0.2, 0.25) is 15.9 Å². The maximum Gasteiger partial charge on any atom is 0.243 e. The number of benzene rings is 2. The van der Waals surface area contributed by atoms with Gasteiger partial charge in [-0.3, -0.25) is 4.79 Å². The molecule has 6 nitrogen and oxygen atoms in total. The van der Waals surface area contributed by atoms with E-state index in [-0.39, 0.29) is 23.3 Å². The monoisotopic (exact) mass is 444 g/mol. The zero-order valence-corrected chi connectivity index (χ0v) is 19.4. The average Bonchev–Trinajstić information content (AvgIpc) is 2.78. The molecule has 1 atom stereocenters. The molecule has 0 bridgehead atoms. The van der Waals surface area contributed by atoms with E-state index >= 15 is 0 Å². The normalized spacial score (nSPS) is 17.3. The van der Waals surface area contributed by atoms with E-state index in [2.05, 4.69) is 12.2 Å². The number of carbonyl (C=O) groups is 1. The number of nitrogens with one attached hydrogen (secondary N) is 1. The minimum atomic E-state index is -3.67. The van der Waals surface area contributed by atoms with Crippen molar-refractivity contribution in [1.29, 1.82) is 0 Å². The Balaban J connectivity index is 1.66. The second-order valence-corrected chi connectivity index (χ2v) is 10.1. The van der Waals surface area contributed by atoms with Gasteiger partial charge in [0.1, 0.15) is 5.75 Å². The quantitative estimate of drug-likeness (QED) is 0.655. The molecule has 0 unspecified atom stereocenters. The van der Waals surface area contributed by atoms with Crippen molar-refractivity contribution < 1.29 is 17.9 Å². The molecule has 1 saturated heterocycles. The molecule has 0 saturated carbocycles. The largest absolute Gasteiger partial charge is 0.496 e. The second-order valence-electron chi connectivity index (χ2n) is 8.12. The first kappa shape index (κ1) is 23.3. The van der Waals surface area contributed by atoms with Crippen molar-refractivity contribution in [3.63, 3.8) is 0 Å². The number of piperidine rings is 1. The summed E-state index contributed by atoms with van der Waals surface area (Å²) in [5.74, 6) is 0.144. The fourth-order valence-electron chi connectivity index (χ4n) is 3.92. The lowest BCUT2D eigenvalue weighted by molar-refractivity contribution is -0.120. The van der Waals surface area contributed by atoms with E-state index in [9.17, 15) is 13.2 Å². The Bertz CT molecular complexity index is 1000. The van der Waals surface area contributed by atoms with Gasteiger partial charge in [-0.15, -0.1) is 0 Å². The number of hydrogen-bond acceptors (Lipinski definition) is 4. The van der Waals surface area contributed by atoms with Gasteiger partial charge in [-0.2, -0.15) is 4.31 Å². The van der Waals surface area contributed by atoms with Crippen molar-refractivity contribution in [2.24, 2.45) is 5.92 Å². The van der Waals surface area contributed by atoms with Crippen molar-refractivity contribution in [3.8, 4) is 5.75 Å². The van der Waals surface area contributed by atoms with E-state index < -0.39 is 10.0 Å². The lowest BCUT2D eigenvalue weighted by Gasteiger charge is -2.31. The Labute approximate surface area is 185 Å². The summed E-state index contributed by atoms with van der Waals surface area (Å²) < 4.78 is 32.9. The first-order chi connectivity index (χ1) is 14.8. The van der Waals surface area contributed by atoms with Gasteiger partial charge in [0.15, 0.2) is 0 Å². The van der Waals surface area contributed by atoms with Gasteiger partial charge >= 0.3 is 0 Å². The Morgan fingerprint density at radius 2 is 1.94 bits per heavy atom. The molecule has 1 aliphatic heterocycles. The molecule has 7 heteroatoms. The van der Waals surface area contributed by atoms with Crippen molar-refractivity contribution in [3.05, 3.63) is 53.6 Å². The Kier molecular flexibility index (Phi) is 7.73. The van der Waals surface area contributed by atoms with Crippen molar-refractivity contribution in [2.45, 2.75) is 50.8 Å². The number of ether oxygens (including phenoxy) is 1. The van der Waals surface area contributed by atoms with Gasteiger partial charge in [0.05, 0.1) is 17.9 Å². The average molecular weight is 445 g/mol. The van der Waals surface area contributed by atoms with Crippen LogP contribution in [0.4, 0.5) is 5.69 Å². The number of nitrogens with zero attached hydrogens (tertiary/aromatic N) is 1. The Hall–Kier alpha value is -2.38. The topological polar surface area (TPSA) is 75.7 Å². The zero-order valence-electron chi connectivity index (χ0n) is 18.6. The third kappa shape index (κ3) is 5.66. The molecule has 1 N–H and O–H groups in total. The van der Waals surface area contributed by atoms with Crippen LogP contribution in [0.2, 0.25) is 0 Å². The first-order valence-electron chi connectivity index (χ1n) is 10.9. The maximum atomic E-state index is 13.1. The highest BCUT2D eigenvalue weighted by Crippen LogP contribution is 2.28. The number of methoxy groups -OCH3 is 1. The minimum Gasteiger partial charge on any atom is -0.496 e. The Morgan fingerprint density at radius 1 is 1.19 bits per heavy atom. The van der Waals surface area contributed by atoms with Crippen LogP contribution in [-0.2, 0) is 21.2 Å². The van der Waals surface area contributed by atoms with Crippen LogP contribution >= 0.6 is 0 Å². The molecule has 2 aromatic carbocycles. The van der Waals surface area contributed by atoms with E-state index in [0.29, 0.717) is 25.1 Å². The molecule has 168 valence electrons. The summed E-state index contributed by atoms with van der Waals surface area (Å²) in [5.41, 5.74) is 2.76. The predicted molar refractivity (Wildman–Crippen MR) is 123 cm³/mol. The molecule has 31 heavy (non-hydrogen) atoms. The highest BCUT2D eigenvalue weighted by atomic mass is 32.2. The second kappa shape index (κ2) is 10.3. The van der Waals surface area contributed by atoms with Crippen LogP contribution < -0.4 is 10.1 Å². The summed E-state index contributed by atoms with van der Waals surface area (Å²) in [7, 11) is -2.11. The number of amides is 1. The highest BCUT2D eigenvalue weighted by Gasteiger charge is 2.33. The Morgan fingerprint density at radius 3 is 2.58 bits per heavy atom. The minimum absolute atomic E-state index is 0.132. The van der Waals surface area contributed by atoms with Crippen molar-refractivity contribution in [1.82, 2.24) is 4.31 Å². The van der Waals surface area contributed by atoms with Crippen LogP contribution in [-0.4, -0.2) is 38.8 Å². The lowest BCUT2D eigenvalue weighted by Crippen LogP contribution is -2.43. The third-order valence-corrected chi connectivity index (χ3v) is 7.66. The molecule has 0 aliphatic carbocycles. The molecule has 3 rings (SSSR count). The number of anilines is 1. The molecule has 0 spiro atoms. The van der Waals surface area contributed by atoms with Gasteiger partial charge in [-0.25, -0.2) is 8.42 Å². The van der Waals surface area contributed by atoms with E-state index in [1.54, 1.807) is 25.3 Å². The van der Waals surface area contributed by atoms with Crippen LogP contribution in [0.3, 0.4) is 0 Å². The number of rotatable bonds is 8. The maximum absolute atomic E-state index is 13.1. The summed E-state index contributed by atoms with van der Waals surface area (Å²) >= 11 is 0. The highest BCUT2D eigenvalue weighted by molar-refractivity contribution is 7.89. The lowest BCUT2D eigenvalue weighted by atomic mass is 9.98. The molecule has 1 amide bonds. The van der Waals surface area contributed by atoms with Gasteiger partial charge < -0.3 is 10.1 Å². The van der Waals surface area contributed by atoms with Gasteiger partial charge in [-0.1, -0.05) is 25.5 Å². The molecule has 0 aromatic heterocycles. The van der Waals surface area contributed by atoms with E-state index in [1.807, 2.05) is 31.2 Å². The third-order valence-electron chi connectivity index (χ3n) is 5.80. The fraction of sp³-hybridized carbons (Fsp3) is 0.458. The number of unbranched alkanes of at least 4 members (excludes halogenated alkanes) is 1. The van der Waals surface area contributed by atoms with Crippen molar-refractivity contribution in [2.75, 3.05) is 25.5 Å². The fourth-order valence-corrected chi connectivity index (χ4v) is 5.52. The smallest absolute Gasteiger partial charge is 0.243 e. The number of aryl methyl sites for hydroxylation is 2. The summed E-state index contributed by atoms with van der Waals surface area (Å²) in [6, 6.07) is 12.8. The molecular formula is C24H32N2O4S. The summed E-state index contributed by atoms with van der Waals surface area (Å²) in [6.45, 7) is 4.59. The van der Waals surface area contributed by atoms with Gasteiger partial charge in [0, 0.05) is 18.8 Å².